The van der Waals surface area contributed by atoms with Crippen LogP contribution in [-0.2, 0) is 22.4 Å². The molecule has 2 heterocycles. The Kier molecular flexibility index (Phi) is 4.59. The van der Waals surface area contributed by atoms with E-state index in [2.05, 4.69) is 15.8 Å². The van der Waals surface area contributed by atoms with E-state index in [-0.39, 0.29) is 24.7 Å². The Morgan fingerprint density at radius 2 is 1.83 bits per heavy atom. The van der Waals surface area contributed by atoms with E-state index in [4.69, 9.17) is 11.6 Å². The Morgan fingerprint density at radius 1 is 1.13 bits per heavy atom. The van der Waals surface area contributed by atoms with E-state index in [1.807, 2.05) is 16.0 Å². The highest BCUT2D eigenvalue weighted by molar-refractivity contribution is 7.15. The normalized spacial score (nSPS) is 10.7. The van der Waals surface area contributed by atoms with Crippen LogP contribution in [-0.4, -0.2) is 21.2 Å². The Hall–Kier alpha value is -2.38. The molecular weight excluding hydrogens is 336 g/mol. The monoisotopic (exact) mass is 348 g/mol. The number of benzene rings is 1. The predicted octanol–water partition coefficient (Wildman–Crippen LogP) is 1.98. The van der Waals surface area contributed by atoms with Crippen LogP contribution in [0.25, 0.3) is 4.96 Å². The fourth-order valence-corrected chi connectivity index (χ4v) is 2.89. The van der Waals surface area contributed by atoms with Crippen molar-refractivity contribution in [3.05, 3.63) is 58.3 Å². The molecule has 2 aromatic heterocycles. The fraction of sp³-hybridized carbons (Fsp3) is 0.133. The maximum Gasteiger partial charge on any atom is 0.244 e. The Bertz CT molecular complexity index is 812. The van der Waals surface area contributed by atoms with E-state index in [1.165, 1.54) is 11.3 Å². The van der Waals surface area contributed by atoms with Gasteiger partial charge in [0.2, 0.25) is 11.8 Å². The van der Waals surface area contributed by atoms with Gasteiger partial charge >= 0.3 is 0 Å². The highest BCUT2D eigenvalue weighted by atomic mass is 35.5. The van der Waals surface area contributed by atoms with Gasteiger partial charge in [0.25, 0.3) is 0 Å². The molecule has 3 rings (SSSR count). The molecule has 0 atom stereocenters. The second-order valence-electron chi connectivity index (χ2n) is 4.90. The lowest BCUT2D eigenvalue weighted by atomic mass is 10.1. The lowest BCUT2D eigenvalue weighted by molar-refractivity contribution is -0.128. The van der Waals surface area contributed by atoms with Gasteiger partial charge in [0, 0.05) is 22.8 Å². The van der Waals surface area contributed by atoms with Gasteiger partial charge in [-0.15, -0.1) is 11.3 Å². The number of nitrogens with zero attached hydrogens (tertiary/aromatic N) is 2. The zero-order chi connectivity index (χ0) is 16.2. The summed E-state index contributed by atoms with van der Waals surface area (Å²) in [6, 6.07) is 6.96. The van der Waals surface area contributed by atoms with Gasteiger partial charge in [-0.05, 0) is 17.7 Å². The van der Waals surface area contributed by atoms with Gasteiger partial charge in [-0.1, -0.05) is 23.7 Å². The van der Waals surface area contributed by atoms with Gasteiger partial charge in [0.05, 0.1) is 18.5 Å². The second kappa shape index (κ2) is 6.80. The van der Waals surface area contributed by atoms with Crippen molar-refractivity contribution >= 4 is 39.7 Å². The topological polar surface area (TPSA) is 75.5 Å². The minimum atomic E-state index is -0.319. The summed E-state index contributed by atoms with van der Waals surface area (Å²) in [6.07, 6.45) is 3.94. The average Bonchev–Trinajstić information content (AvgIpc) is 3.09. The number of halogens is 1. The molecule has 0 unspecified atom stereocenters. The number of hydrogen-bond donors (Lipinski definition) is 2. The predicted molar refractivity (Wildman–Crippen MR) is 88.2 cm³/mol. The molecule has 8 heteroatoms. The molecular formula is C15H13ClN4O2S. The number of carbonyl (C=O) groups is 2. The van der Waals surface area contributed by atoms with Crippen molar-refractivity contribution in [3.8, 4) is 0 Å². The molecule has 0 saturated carbocycles. The van der Waals surface area contributed by atoms with Gasteiger partial charge in [-0.25, -0.2) is 4.98 Å². The van der Waals surface area contributed by atoms with Crippen LogP contribution < -0.4 is 10.9 Å². The summed E-state index contributed by atoms with van der Waals surface area (Å²) >= 11 is 7.28. The number of hydrazine groups is 1. The first-order valence-corrected chi connectivity index (χ1v) is 8.09. The van der Waals surface area contributed by atoms with Gasteiger partial charge in [-0.2, -0.15) is 0 Å². The third-order valence-corrected chi connectivity index (χ3v) is 4.13. The van der Waals surface area contributed by atoms with Crippen molar-refractivity contribution in [1.29, 1.82) is 0 Å². The molecule has 0 aliphatic carbocycles. The Balaban J connectivity index is 1.47. The number of hydrogen-bond acceptors (Lipinski definition) is 4. The summed E-state index contributed by atoms with van der Waals surface area (Å²) in [4.78, 5) is 28.7. The molecule has 3 aromatic rings. The van der Waals surface area contributed by atoms with Gasteiger partial charge in [0.1, 0.15) is 0 Å². The Labute approximate surface area is 141 Å². The first kappa shape index (κ1) is 15.5. The van der Waals surface area contributed by atoms with E-state index >= 15 is 0 Å². The third-order valence-electron chi connectivity index (χ3n) is 3.10. The summed E-state index contributed by atoms with van der Waals surface area (Å²) in [7, 11) is 0. The number of imidazole rings is 1. The number of carbonyl (C=O) groups excluding carboxylic acids is 2. The van der Waals surface area contributed by atoms with Crippen LogP contribution in [0.2, 0.25) is 5.02 Å². The van der Waals surface area contributed by atoms with Gasteiger partial charge < -0.3 is 0 Å². The number of thiazole rings is 1. The maximum atomic E-state index is 11.8. The van der Waals surface area contributed by atoms with E-state index < -0.39 is 0 Å². The summed E-state index contributed by atoms with van der Waals surface area (Å²) in [5.41, 5.74) is 6.25. The summed E-state index contributed by atoms with van der Waals surface area (Å²) in [6.45, 7) is 0. The summed E-state index contributed by atoms with van der Waals surface area (Å²) in [5, 5.41) is 2.53. The Morgan fingerprint density at radius 3 is 2.52 bits per heavy atom. The van der Waals surface area contributed by atoms with Gasteiger partial charge in [-0.3, -0.25) is 24.8 Å². The van der Waals surface area contributed by atoms with Crippen LogP contribution in [0.4, 0.5) is 0 Å². The molecule has 118 valence electrons. The van der Waals surface area contributed by atoms with Crippen molar-refractivity contribution in [2.24, 2.45) is 0 Å². The van der Waals surface area contributed by atoms with Crippen molar-refractivity contribution in [1.82, 2.24) is 20.2 Å². The molecule has 0 saturated heterocycles. The van der Waals surface area contributed by atoms with Crippen LogP contribution in [0.15, 0.2) is 42.0 Å². The number of rotatable bonds is 4. The summed E-state index contributed by atoms with van der Waals surface area (Å²) < 4.78 is 1.85. The number of fused-ring (bicyclic) bond motifs is 1. The minimum Gasteiger partial charge on any atom is -0.297 e. The zero-order valence-electron chi connectivity index (χ0n) is 12.0. The van der Waals surface area contributed by atoms with E-state index in [0.717, 1.165) is 10.5 Å². The molecule has 0 radical (unpaired) electrons. The van der Waals surface area contributed by atoms with Crippen LogP contribution >= 0.6 is 22.9 Å². The molecule has 0 aliphatic heterocycles. The lowest BCUT2D eigenvalue weighted by Crippen LogP contribution is -2.43. The quantitative estimate of drug-likeness (QED) is 0.708. The first-order valence-electron chi connectivity index (χ1n) is 6.83. The molecule has 2 N–H and O–H groups in total. The molecule has 0 fully saturated rings. The van der Waals surface area contributed by atoms with E-state index in [1.54, 1.807) is 30.5 Å². The molecule has 6 nitrogen and oxygen atoms in total. The molecule has 0 spiro atoms. The van der Waals surface area contributed by atoms with Crippen LogP contribution in [0, 0.1) is 0 Å². The molecule has 2 amide bonds. The van der Waals surface area contributed by atoms with Crippen molar-refractivity contribution in [2.45, 2.75) is 12.8 Å². The molecule has 1 aromatic carbocycles. The SMILES string of the molecule is O=C(Cc1ccc(Cl)cc1)NNC(=O)Cc1cn2ccsc2n1. The third kappa shape index (κ3) is 4.08. The number of amides is 2. The first-order chi connectivity index (χ1) is 11.1. The number of nitrogens with one attached hydrogen (secondary N) is 2. The largest absolute Gasteiger partial charge is 0.297 e. The minimum absolute atomic E-state index is 0.107. The standard InChI is InChI=1S/C15H13ClN4O2S/c16-11-3-1-10(2-4-11)7-13(21)18-19-14(22)8-12-9-20-5-6-23-15(20)17-12/h1-6,9H,7-8H2,(H,18,21)(H,19,22). The smallest absolute Gasteiger partial charge is 0.244 e. The van der Waals surface area contributed by atoms with Crippen molar-refractivity contribution in [2.75, 3.05) is 0 Å². The lowest BCUT2D eigenvalue weighted by Gasteiger charge is -2.06. The maximum absolute atomic E-state index is 11.8. The number of aromatic nitrogens is 2. The van der Waals surface area contributed by atoms with Crippen LogP contribution in [0.1, 0.15) is 11.3 Å². The van der Waals surface area contributed by atoms with Crippen LogP contribution in [0.3, 0.4) is 0 Å². The molecule has 0 aliphatic rings. The summed E-state index contributed by atoms with van der Waals surface area (Å²) in [5.74, 6) is -0.619. The fourth-order valence-electron chi connectivity index (χ4n) is 2.04. The second-order valence-corrected chi connectivity index (χ2v) is 6.21. The average molecular weight is 349 g/mol. The van der Waals surface area contributed by atoms with Crippen molar-refractivity contribution < 1.29 is 9.59 Å². The van der Waals surface area contributed by atoms with Gasteiger partial charge in [0.15, 0.2) is 4.96 Å². The molecule has 0 bridgehead atoms. The highest BCUT2D eigenvalue weighted by Crippen LogP contribution is 2.11. The molecule has 23 heavy (non-hydrogen) atoms. The highest BCUT2D eigenvalue weighted by Gasteiger charge is 2.10. The van der Waals surface area contributed by atoms with E-state index in [9.17, 15) is 9.59 Å². The van der Waals surface area contributed by atoms with Crippen LogP contribution in [0.5, 0.6) is 0 Å². The van der Waals surface area contributed by atoms with E-state index in [0.29, 0.717) is 10.7 Å². The van der Waals surface area contributed by atoms with Crippen molar-refractivity contribution in [3.63, 3.8) is 0 Å². The zero-order valence-corrected chi connectivity index (χ0v) is 13.5.